The van der Waals surface area contributed by atoms with Crippen LogP contribution in [0.15, 0.2) is 48.5 Å². The van der Waals surface area contributed by atoms with Crippen molar-refractivity contribution < 1.29 is 9.59 Å². The summed E-state index contributed by atoms with van der Waals surface area (Å²) in [6.45, 7) is 4.81. The highest BCUT2D eigenvalue weighted by Gasteiger charge is 2.37. The Morgan fingerprint density at radius 3 is 2.48 bits per heavy atom. The van der Waals surface area contributed by atoms with Gasteiger partial charge in [-0.3, -0.25) is 9.59 Å². The largest absolute Gasteiger partial charge is 0.350 e. The summed E-state index contributed by atoms with van der Waals surface area (Å²) < 4.78 is 0. The molecule has 0 radical (unpaired) electrons. The van der Waals surface area contributed by atoms with Gasteiger partial charge in [0.05, 0.1) is 0 Å². The van der Waals surface area contributed by atoms with Crippen LogP contribution >= 0.6 is 11.6 Å². The van der Waals surface area contributed by atoms with Gasteiger partial charge in [0.15, 0.2) is 0 Å². The molecule has 1 heterocycles. The second kappa shape index (κ2) is 7.28. The number of hydrogen-bond donors (Lipinski definition) is 1. The number of halogens is 1. The molecule has 0 fully saturated rings. The van der Waals surface area contributed by atoms with Crippen molar-refractivity contribution in [2.45, 2.75) is 33.0 Å². The fourth-order valence-electron chi connectivity index (χ4n) is 3.20. The van der Waals surface area contributed by atoms with Crippen molar-refractivity contribution >= 4 is 23.4 Å². The van der Waals surface area contributed by atoms with Crippen molar-refractivity contribution in [1.29, 1.82) is 0 Å². The first-order valence-corrected chi connectivity index (χ1v) is 8.76. The molecule has 0 unspecified atom stereocenters. The van der Waals surface area contributed by atoms with Crippen LogP contribution in [0.1, 0.15) is 35.3 Å². The van der Waals surface area contributed by atoms with Gasteiger partial charge in [0.25, 0.3) is 5.91 Å². The molecule has 130 valence electrons. The van der Waals surface area contributed by atoms with Gasteiger partial charge in [-0.1, -0.05) is 55.8 Å². The van der Waals surface area contributed by atoms with E-state index in [1.807, 2.05) is 50.2 Å². The fraction of sp³-hybridized carbons (Fsp3) is 0.300. The quantitative estimate of drug-likeness (QED) is 0.889. The average molecular weight is 357 g/mol. The molecule has 2 aromatic carbocycles. The summed E-state index contributed by atoms with van der Waals surface area (Å²) in [5.41, 5.74) is 2.64. The van der Waals surface area contributed by atoms with Gasteiger partial charge in [0.1, 0.15) is 6.04 Å². The highest BCUT2D eigenvalue weighted by atomic mass is 35.5. The lowest BCUT2D eigenvalue weighted by atomic mass is 10.0. The summed E-state index contributed by atoms with van der Waals surface area (Å²) in [5.74, 6) is -0.189. The lowest BCUT2D eigenvalue weighted by Crippen LogP contribution is -2.49. The number of carbonyl (C=O) groups excluding carboxylic acids is 2. The van der Waals surface area contributed by atoms with Crippen molar-refractivity contribution in [2.24, 2.45) is 5.92 Å². The molecule has 0 saturated carbocycles. The van der Waals surface area contributed by atoms with E-state index in [0.29, 0.717) is 23.7 Å². The minimum atomic E-state index is -0.493. The van der Waals surface area contributed by atoms with E-state index in [1.54, 1.807) is 17.0 Å². The maximum Gasteiger partial charge on any atom is 0.255 e. The Labute approximate surface area is 152 Å². The molecule has 4 nitrogen and oxygen atoms in total. The number of benzene rings is 2. The van der Waals surface area contributed by atoms with Gasteiger partial charge in [0, 0.05) is 23.7 Å². The van der Waals surface area contributed by atoms with Gasteiger partial charge in [-0.2, -0.15) is 0 Å². The summed E-state index contributed by atoms with van der Waals surface area (Å²) in [7, 11) is 0. The molecule has 0 aliphatic carbocycles. The van der Waals surface area contributed by atoms with E-state index in [4.69, 9.17) is 11.6 Å². The Kier molecular flexibility index (Phi) is 5.09. The maximum absolute atomic E-state index is 12.8. The topological polar surface area (TPSA) is 49.4 Å². The Bertz CT molecular complexity index is 787. The number of carbonyl (C=O) groups is 2. The predicted octanol–water partition coefficient (Wildman–Crippen LogP) is 3.64. The number of nitrogens with one attached hydrogen (secondary N) is 1. The maximum atomic E-state index is 12.8. The van der Waals surface area contributed by atoms with Gasteiger partial charge in [0.2, 0.25) is 5.91 Å². The third kappa shape index (κ3) is 3.69. The zero-order valence-corrected chi connectivity index (χ0v) is 15.1. The Morgan fingerprint density at radius 1 is 1.16 bits per heavy atom. The predicted molar refractivity (Wildman–Crippen MR) is 98.2 cm³/mol. The van der Waals surface area contributed by atoms with Crippen LogP contribution in [0.2, 0.25) is 5.02 Å². The SMILES string of the molecule is CC(C)[C@@H](C(=O)NCc1ccc(Cl)cc1)N1Cc2ccccc2C1=O. The van der Waals surface area contributed by atoms with Gasteiger partial charge in [-0.15, -0.1) is 0 Å². The first-order chi connectivity index (χ1) is 12.0. The second-order valence-corrected chi connectivity index (χ2v) is 7.06. The summed E-state index contributed by atoms with van der Waals surface area (Å²) in [5, 5.41) is 3.61. The van der Waals surface area contributed by atoms with E-state index >= 15 is 0 Å². The van der Waals surface area contributed by atoms with Gasteiger partial charge >= 0.3 is 0 Å². The molecule has 1 aliphatic heterocycles. The molecule has 0 saturated heterocycles. The number of amides is 2. The van der Waals surface area contributed by atoms with Crippen molar-refractivity contribution in [3.05, 3.63) is 70.2 Å². The number of fused-ring (bicyclic) bond motifs is 1. The molecule has 0 spiro atoms. The van der Waals surface area contributed by atoms with Crippen LogP contribution in [0.4, 0.5) is 0 Å². The van der Waals surface area contributed by atoms with Crippen LogP contribution in [-0.2, 0) is 17.9 Å². The van der Waals surface area contributed by atoms with Gasteiger partial charge < -0.3 is 10.2 Å². The Hall–Kier alpha value is -2.33. The van der Waals surface area contributed by atoms with E-state index in [9.17, 15) is 9.59 Å². The van der Waals surface area contributed by atoms with E-state index < -0.39 is 6.04 Å². The van der Waals surface area contributed by atoms with Crippen LogP contribution in [-0.4, -0.2) is 22.8 Å². The lowest BCUT2D eigenvalue weighted by molar-refractivity contribution is -0.127. The highest BCUT2D eigenvalue weighted by molar-refractivity contribution is 6.30. The zero-order chi connectivity index (χ0) is 18.0. The normalized spacial score (nSPS) is 14.6. The van der Waals surface area contributed by atoms with Crippen molar-refractivity contribution in [3.63, 3.8) is 0 Å². The van der Waals surface area contributed by atoms with E-state index in [1.165, 1.54) is 0 Å². The Morgan fingerprint density at radius 2 is 1.84 bits per heavy atom. The van der Waals surface area contributed by atoms with Crippen molar-refractivity contribution in [1.82, 2.24) is 10.2 Å². The average Bonchev–Trinajstić information content (AvgIpc) is 2.91. The summed E-state index contributed by atoms with van der Waals surface area (Å²) in [6.07, 6.45) is 0. The van der Waals surface area contributed by atoms with Gasteiger partial charge in [-0.05, 0) is 35.2 Å². The van der Waals surface area contributed by atoms with Crippen molar-refractivity contribution in [2.75, 3.05) is 0 Å². The molecular weight excluding hydrogens is 336 g/mol. The summed E-state index contributed by atoms with van der Waals surface area (Å²) >= 11 is 5.88. The molecule has 1 aliphatic rings. The van der Waals surface area contributed by atoms with Crippen LogP contribution in [0.3, 0.4) is 0 Å². The van der Waals surface area contributed by atoms with Crippen LogP contribution in [0, 0.1) is 5.92 Å². The number of rotatable bonds is 5. The molecule has 2 amide bonds. The summed E-state index contributed by atoms with van der Waals surface area (Å²) in [6, 6.07) is 14.4. The molecule has 25 heavy (non-hydrogen) atoms. The highest BCUT2D eigenvalue weighted by Crippen LogP contribution is 2.27. The molecule has 3 rings (SSSR count). The summed E-state index contributed by atoms with van der Waals surface area (Å²) in [4.78, 5) is 27.1. The monoisotopic (exact) mass is 356 g/mol. The molecule has 0 bridgehead atoms. The first kappa shape index (κ1) is 17.5. The van der Waals surface area contributed by atoms with Crippen molar-refractivity contribution in [3.8, 4) is 0 Å². The third-order valence-corrected chi connectivity index (χ3v) is 4.72. The molecular formula is C20H21ClN2O2. The smallest absolute Gasteiger partial charge is 0.255 e. The third-order valence-electron chi connectivity index (χ3n) is 4.47. The molecule has 5 heteroatoms. The zero-order valence-electron chi connectivity index (χ0n) is 14.3. The molecule has 0 aromatic heterocycles. The second-order valence-electron chi connectivity index (χ2n) is 6.62. The van der Waals surface area contributed by atoms with Crippen LogP contribution < -0.4 is 5.32 Å². The fourth-order valence-corrected chi connectivity index (χ4v) is 3.33. The number of nitrogens with zero attached hydrogens (tertiary/aromatic N) is 1. The lowest BCUT2D eigenvalue weighted by Gasteiger charge is -2.30. The van der Waals surface area contributed by atoms with E-state index in [2.05, 4.69) is 5.32 Å². The van der Waals surface area contributed by atoms with Crippen LogP contribution in [0.25, 0.3) is 0 Å². The minimum absolute atomic E-state index is 0.0171. The van der Waals surface area contributed by atoms with E-state index in [-0.39, 0.29) is 17.7 Å². The van der Waals surface area contributed by atoms with Crippen LogP contribution in [0.5, 0.6) is 0 Å². The Balaban J connectivity index is 1.72. The molecule has 2 aromatic rings. The minimum Gasteiger partial charge on any atom is -0.350 e. The molecule has 1 N–H and O–H groups in total. The first-order valence-electron chi connectivity index (χ1n) is 8.38. The number of hydrogen-bond acceptors (Lipinski definition) is 2. The molecule has 1 atom stereocenters. The van der Waals surface area contributed by atoms with E-state index in [0.717, 1.165) is 11.1 Å². The van der Waals surface area contributed by atoms with Gasteiger partial charge in [-0.25, -0.2) is 0 Å². The standard InChI is InChI=1S/C20H21ClN2O2/c1-13(2)18(19(24)22-11-14-7-9-16(21)10-8-14)23-12-15-5-3-4-6-17(15)20(23)25/h3-10,13,18H,11-12H2,1-2H3,(H,22,24)/t18-/m0/s1.